The zero-order chi connectivity index (χ0) is 11.8. The standard InChI is InChI=1S/C11H18N2O3/c12-7-11(3-4-11)10(16)13-5-1-2-8(6-13)9(14)15/h8H,1-7,12H2,(H,14,15)/t8-/m1/s1. The molecule has 2 aliphatic rings. The Morgan fingerprint density at radius 3 is 2.62 bits per heavy atom. The topological polar surface area (TPSA) is 83.6 Å². The summed E-state index contributed by atoms with van der Waals surface area (Å²) in [6.45, 7) is 1.43. The molecule has 0 unspecified atom stereocenters. The molecule has 1 atom stereocenters. The second kappa shape index (κ2) is 4.05. The maximum absolute atomic E-state index is 12.1. The Hall–Kier alpha value is -1.10. The maximum atomic E-state index is 12.1. The van der Waals surface area contributed by atoms with E-state index in [1.807, 2.05) is 0 Å². The Morgan fingerprint density at radius 1 is 1.44 bits per heavy atom. The third kappa shape index (κ3) is 1.91. The number of hydrogen-bond donors (Lipinski definition) is 2. The molecular formula is C11H18N2O3. The quantitative estimate of drug-likeness (QED) is 0.712. The van der Waals surface area contributed by atoms with Crippen molar-refractivity contribution in [2.45, 2.75) is 25.7 Å². The van der Waals surface area contributed by atoms with E-state index in [4.69, 9.17) is 10.8 Å². The van der Waals surface area contributed by atoms with E-state index in [1.54, 1.807) is 4.90 Å². The van der Waals surface area contributed by atoms with Gasteiger partial charge in [-0.3, -0.25) is 9.59 Å². The van der Waals surface area contributed by atoms with Gasteiger partial charge in [0.25, 0.3) is 0 Å². The van der Waals surface area contributed by atoms with E-state index in [9.17, 15) is 9.59 Å². The third-order valence-corrected chi connectivity index (χ3v) is 3.76. The highest BCUT2D eigenvalue weighted by atomic mass is 16.4. The normalized spacial score (nSPS) is 27.6. The first kappa shape index (κ1) is 11.4. The summed E-state index contributed by atoms with van der Waals surface area (Å²) in [5.41, 5.74) is 5.26. The molecule has 90 valence electrons. The molecule has 1 saturated heterocycles. The smallest absolute Gasteiger partial charge is 0.308 e. The summed E-state index contributed by atoms with van der Waals surface area (Å²) < 4.78 is 0. The summed E-state index contributed by atoms with van der Waals surface area (Å²) >= 11 is 0. The van der Waals surface area contributed by atoms with Crippen LogP contribution in [0.4, 0.5) is 0 Å². The van der Waals surface area contributed by atoms with Gasteiger partial charge in [0, 0.05) is 19.6 Å². The number of carboxylic acid groups (broad SMARTS) is 1. The minimum atomic E-state index is -0.796. The molecule has 16 heavy (non-hydrogen) atoms. The van der Waals surface area contributed by atoms with Crippen molar-refractivity contribution in [1.82, 2.24) is 4.90 Å². The Kier molecular flexibility index (Phi) is 2.88. The molecule has 0 spiro atoms. The molecule has 1 aliphatic heterocycles. The number of nitrogens with zero attached hydrogens (tertiary/aromatic N) is 1. The predicted molar refractivity (Wildman–Crippen MR) is 57.7 cm³/mol. The van der Waals surface area contributed by atoms with Crippen molar-refractivity contribution in [3.05, 3.63) is 0 Å². The lowest BCUT2D eigenvalue weighted by Crippen LogP contribution is -2.47. The zero-order valence-electron chi connectivity index (χ0n) is 9.32. The van der Waals surface area contributed by atoms with E-state index >= 15 is 0 Å². The van der Waals surface area contributed by atoms with Crippen LogP contribution in [0, 0.1) is 11.3 Å². The number of rotatable bonds is 3. The van der Waals surface area contributed by atoms with E-state index in [-0.39, 0.29) is 11.3 Å². The number of carbonyl (C=O) groups is 2. The second-order valence-corrected chi connectivity index (χ2v) is 4.91. The van der Waals surface area contributed by atoms with Gasteiger partial charge in [0.15, 0.2) is 0 Å². The van der Waals surface area contributed by atoms with Crippen molar-refractivity contribution in [2.75, 3.05) is 19.6 Å². The molecule has 5 nitrogen and oxygen atoms in total. The Balaban J connectivity index is 1.99. The summed E-state index contributed by atoms with van der Waals surface area (Å²) in [5, 5.41) is 8.95. The number of carbonyl (C=O) groups excluding carboxylic acids is 1. The van der Waals surface area contributed by atoms with Crippen LogP contribution in [0.25, 0.3) is 0 Å². The van der Waals surface area contributed by atoms with Crippen molar-refractivity contribution >= 4 is 11.9 Å². The molecule has 0 aromatic rings. The molecule has 0 aromatic heterocycles. The second-order valence-electron chi connectivity index (χ2n) is 4.91. The van der Waals surface area contributed by atoms with Crippen molar-refractivity contribution in [3.8, 4) is 0 Å². The summed E-state index contributed by atoms with van der Waals surface area (Å²) in [6.07, 6.45) is 3.17. The fourth-order valence-corrected chi connectivity index (χ4v) is 2.35. The summed E-state index contributed by atoms with van der Waals surface area (Å²) in [6, 6.07) is 0. The van der Waals surface area contributed by atoms with Gasteiger partial charge >= 0.3 is 5.97 Å². The monoisotopic (exact) mass is 226 g/mol. The Bertz CT molecular complexity index is 312. The van der Waals surface area contributed by atoms with Crippen LogP contribution in [0.5, 0.6) is 0 Å². The van der Waals surface area contributed by atoms with Crippen LogP contribution in [0.3, 0.4) is 0 Å². The number of hydrogen-bond acceptors (Lipinski definition) is 3. The van der Waals surface area contributed by atoms with Gasteiger partial charge in [-0.25, -0.2) is 0 Å². The van der Waals surface area contributed by atoms with Crippen molar-refractivity contribution in [3.63, 3.8) is 0 Å². The van der Waals surface area contributed by atoms with E-state index in [0.29, 0.717) is 26.1 Å². The predicted octanol–water partition coefficient (Wildman–Crippen LogP) is 0.0485. The Labute approximate surface area is 94.6 Å². The van der Waals surface area contributed by atoms with Crippen LogP contribution < -0.4 is 5.73 Å². The number of nitrogens with two attached hydrogens (primary N) is 1. The largest absolute Gasteiger partial charge is 0.481 e. The van der Waals surface area contributed by atoms with Gasteiger partial charge in [-0.1, -0.05) is 0 Å². The highest BCUT2D eigenvalue weighted by Gasteiger charge is 2.51. The molecule has 1 saturated carbocycles. The molecule has 3 N–H and O–H groups in total. The number of aliphatic carboxylic acids is 1. The lowest BCUT2D eigenvalue weighted by atomic mass is 9.96. The summed E-state index contributed by atoms with van der Waals surface area (Å²) in [7, 11) is 0. The molecule has 1 amide bonds. The first-order valence-electron chi connectivity index (χ1n) is 5.81. The summed E-state index contributed by atoms with van der Waals surface area (Å²) in [4.78, 5) is 24.7. The highest BCUT2D eigenvalue weighted by Crippen LogP contribution is 2.46. The first-order chi connectivity index (χ1) is 7.59. The molecule has 2 fully saturated rings. The van der Waals surface area contributed by atoms with Gasteiger partial charge in [0.05, 0.1) is 11.3 Å². The summed E-state index contributed by atoms with van der Waals surface area (Å²) in [5.74, 6) is -1.12. The number of carboxylic acids is 1. The van der Waals surface area contributed by atoms with Crippen LogP contribution in [-0.4, -0.2) is 41.5 Å². The van der Waals surface area contributed by atoms with E-state index < -0.39 is 11.9 Å². The minimum absolute atomic E-state index is 0.0703. The Morgan fingerprint density at radius 2 is 2.12 bits per heavy atom. The fourth-order valence-electron chi connectivity index (χ4n) is 2.35. The lowest BCUT2D eigenvalue weighted by Gasteiger charge is -2.33. The van der Waals surface area contributed by atoms with E-state index in [1.165, 1.54) is 0 Å². The molecule has 0 aromatic carbocycles. The molecule has 1 aliphatic carbocycles. The SMILES string of the molecule is NCC1(C(=O)N2CCC[C@@H](C(=O)O)C2)CC1. The molecular weight excluding hydrogens is 208 g/mol. The number of piperidine rings is 1. The van der Waals surface area contributed by atoms with Gasteiger partial charge in [0.2, 0.25) is 5.91 Å². The average molecular weight is 226 g/mol. The number of amides is 1. The van der Waals surface area contributed by atoms with Crippen LogP contribution >= 0.6 is 0 Å². The van der Waals surface area contributed by atoms with Gasteiger partial charge in [0.1, 0.15) is 0 Å². The fraction of sp³-hybridized carbons (Fsp3) is 0.818. The van der Waals surface area contributed by atoms with Gasteiger partial charge in [-0.2, -0.15) is 0 Å². The zero-order valence-corrected chi connectivity index (χ0v) is 9.32. The van der Waals surface area contributed by atoms with Crippen molar-refractivity contribution < 1.29 is 14.7 Å². The van der Waals surface area contributed by atoms with Crippen LogP contribution in [0.2, 0.25) is 0 Å². The van der Waals surface area contributed by atoms with Crippen molar-refractivity contribution in [2.24, 2.45) is 17.1 Å². The van der Waals surface area contributed by atoms with Crippen LogP contribution in [-0.2, 0) is 9.59 Å². The van der Waals surface area contributed by atoms with Crippen LogP contribution in [0.1, 0.15) is 25.7 Å². The van der Waals surface area contributed by atoms with Crippen LogP contribution in [0.15, 0.2) is 0 Å². The maximum Gasteiger partial charge on any atom is 0.308 e. The molecule has 0 bridgehead atoms. The molecule has 2 rings (SSSR count). The van der Waals surface area contributed by atoms with Gasteiger partial charge in [-0.05, 0) is 25.7 Å². The van der Waals surface area contributed by atoms with E-state index in [0.717, 1.165) is 19.3 Å². The first-order valence-corrected chi connectivity index (χ1v) is 5.81. The van der Waals surface area contributed by atoms with E-state index in [2.05, 4.69) is 0 Å². The highest BCUT2D eigenvalue weighted by molar-refractivity contribution is 5.86. The van der Waals surface area contributed by atoms with Crippen molar-refractivity contribution in [1.29, 1.82) is 0 Å². The number of likely N-dealkylation sites (tertiary alicyclic amines) is 1. The lowest BCUT2D eigenvalue weighted by molar-refractivity contribution is -0.147. The average Bonchev–Trinajstić information content (AvgIpc) is 3.09. The molecule has 0 radical (unpaired) electrons. The van der Waals surface area contributed by atoms with Gasteiger partial charge < -0.3 is 15.7 Å². The third-order valence-electron chi connectivity index (χ3n) is 3.76. The molecule has 1 heterocycles. The van der Waals surface area contributed by atoms with Gasteiger partial charge in [-0.15, -0.1) is 0 Å². The minimum Gasteiger partial charge on any atom is -0.481 e. The molecule has 5 heteroatoms.